The number of esters is 1. The number of aryl methyl sites for hydroxylation is 1. The molecule has 1 aromatic carbocycles. The molecule has 5 nitrogen and oxygen atoms in total. The fourth-order valence-electron chi connectivity index (χ4n) is 2.24. The van der Waals surface area contributed by atoms with E-state index in [1.165, 1.54) is 19.3 Å². The Balaban J connectivity index is 1.92. The molecule has 0 saturated carbocycles. The van der Waals surface area contributed by atoms with Gasteiger partial charge in [0.05, 0.1) is 17.7 Å². The topological polar surface area (TPSA) is 72.5 Å². The number of carbonyl (C=O) groups excluding carboxylic acids is 3. The van der Waals surface area contributed by atoms with Crippen molar-refractivity contribution in [2.45, 2.75) is 6.92 Å². The van der Waals surface area contributed by atoms with Crippen LogP contribution in [0.1, 0.15) is 35.3 Å². The maximum Gasteiger partial charge on any atom is 0.348 e. The molecule has 0 spiro atoms. The summed E-state index contributed by atoms with van der Waals surface area (Å²) in [5.74, 6) is -1.17. The molecule has 0 aliphatic heterocycles. The number of benzene rings is 1. The Bertz CT molecular complexity index is 846. The zero-order chi connectivity index (χ0) is 16.6. The van der Waals surface area contributed by atoms with E-state index < -0.39 is 5.97 Å². The minimum absolute atomic E-state index is 0.195. The zero-order valence-corrected chi connectivity index (χ0v) is 13.3. The number of rotatable bonds is 3. The van der Waals surface area contributed by atoms with Crippen LogP contribution in [-0.4, -0.2) is 24.6 Å². The van der Waals surface area contributed by atoms with Crippen molar-refractivity contribution in [1.82, 2.24) is 0 Å². The Morgan fingerprint density at radius 2 is 1.87 bits per heavy atom. The van der Waals surface area contributed by atoms with Gasteiger partial charge < -0.3 is 10.1 Å². The van der Waals surface area contributed by atoms with Crippen molar-refractivity contribution < 1.29 is 19.1 Å². The average Bonchev–Trinajstić information content (AvgIpc) is 3.00. The van der Waals surface area contributed by atoms with Crippen LogP contribution in [0.2, 0.25) is 0 Å². The highest BCUT2D eigenvalue weighted by Gasteiger charge is 2.30. The summed E-state index contributed by atoms with van der Waals surface area (Å²) in [5.41, 5.74) is 2.24. The van der Waals surface area contributed by atoms with Gasteiger partial charge in [0.25, 0.3) is 0 Å². The number of ether oxygens (including phenoxy) is 1. The Morgan fingerprint density at radius 3 is 2.52 bits per heavy atom. The molecule has 0 atom stereocenters. The fraction of sp³-hybridized carbons (Fsp3) is 0.118. The number of Topliss-reactive ketones (excluding diaryl/α,β-unsaturated/α-hetero) is 1. The zero-order valence-electron chi connectivity index (χ0n) is 12.5. The predicted octanol–water partition coefficient (Wildman–Crippen LogP) is 3.22. The Labute approximate surface area is 136 Å². The van der Waals surface area contributed by atoms with Gasteiger partial charge in [0.2, 0.25) is 5.78 Å². The predicted molar refractivity (Wildman–Crippen MR) is 87.2 cm³/mol. The van der Waals surface area contributed by atoms with Gasteiger partial charge in [-0.3, -0.25) is 9.59 Å². The average molecular weight is 327 g/mol. The minimum Gasteiger partial charge on any atom is -0.465 e. The highest BCUT2D eigenvalue weighted by molar-refractivity contribution is 7.16. The lowest BCUT2D eigenvalue weighted by Crippen LogP contribution is -2.19. The molecule has 0 radical (unpaired) electrons. The van der Waals surface area contributed by atoms with E-state index in [-0.39, 0.29) is 32.6 Å². The van der Waals surface area contributed by atoms with E-state index in [9.17, 15) is 14.4 Å². The van der Waals surface area contributed by atoms with Crippen molar-refractivity contribution in [3.63, 3.8) is 0 Å². The molecule has 2 aromatic rings. The number of anilines is 1. The maximum absolute atomic E-state index is 12.5. The number of thiophene rings is 1. The molecule has 3 rings (SSSR count). The summed E-state index contributed by atoms with van der Waals surface area (Å²) in [7, 11) is 1.26. The number of methoxy groups -OCH3 is 1. The fourth-order valence-corrected chi connectivity index (χ4v) is 3.22. The van der Waals surface area contributed by atoms with Gasteiger partial charge in [0.15, 0.2) is 5.78 Å². The second-order valence-corrected chi connectivity index (χ2v) is 6.14. The summed E-state index contributed by atoms with van der Waals surface area (Å²) in [5, 5.41) is 2.96. The molecule has 1 aliphatic carbocycles. The van der Waals surface area contributed by atoms with E-state index in [1.807, 2.05) is 31.2 Å². The summed E-state index contributed by atoms with van der Waals surface area (Å²) < 4.78 is 4.63. The molecule has 0 amide bonds. The van der Waals surface area contributed by atoms with E-state index in [0.29, 0.717) is 0 Å². The van der Waals surface area contributed by atoms with Gasteiger partial charge in [-0.05, 0) is 25.1 Å². The number of fused-ring (bicyclic) bond motifs is 1. The highest BCUT2D eigenvalue weighted by atomic mass is 32.1. The van der Waals surface area contributed by atoms with Gasteiger partial charge in [-0.2, -0.15) is 0 Å². The summed E-state index contributed by atoms with van der Waals surface area (Å²) in [6.07, 6.45) is 1.27. The van der Waals surface area contributed by atoms with Crippen molar-refractivity contribution in [1.29, 1.82) is 0 Å². The SMILES string of the molecule is COC(=O)c1cc2c(s1)C(=O)C=C(Nc1ccc(C)cc1)C2=O. The number of nitrogens with one attached hydrogen (secondary N) is 1. The second kappa shape index (κ2) is 5.81. The highest BCUT2D eigenvalue weighted by Crippen LogP contribution is 2.30. The molecule has 1 N–H and O–H groups in total. The van der Waals surface area contributed by atoms with E-state index in [0.717, 1.165) is 22.6 Å². The number of allylic oxidation sites excluding steroid dienone is 2. The molecule has 0 unspecified atom stereocenters. The van der Waals surface area contributed by atoms with Crippen LogP contribution in [0, 0.1) is 6.92 Å². The van der Waals surface area contributed by atoms with Crippen LogP contribution < -0.4 is 5.32 Å². The van der Waals surface area contributed by atoms with Gasteiger partial charge in [0.1, 0.15) is 4.88 Å². The summed E-state index contributed by atoms with van der Waals surface area (Å²) in [6, 6.07) is 8.89. The van der Waals surface area contributed by atoms with Crippen molar-refractivity contribution in [2.75, 3.05) is 12.4 Å². The quantitative estimate of drug-likeness (QED) is 0.876. The van der Waals surface area contributed by atoms with Crippen molar-refractivity contribution in [3.8, 4) is 0 Å². The molecule has 116 valence electrons. The van der Waals surface area contributed by atoms with Crippen molar-refractivity contribution in [2.24, 2.45) is 0 Å². The number of carbonyl (C=O) groups is 3. The monoisotopic (exact) mass is 327 g/mol. The first kappa shape index (κ1) is 15.2. The van der Waals surface area contributed by atoms with E-state index in [4.69, 9.17) is 0 Å². The van der Waals surface area contributed by atoms with E-state index in [1.54, 1.807) is 0 Å². The van der Waals surface area contributed by atoms with E-state index in [2.05, 4.69) is 10.1 Å². The van der Waals surface area contributed by atoms with Gasteiger partial charge >= 0.3 is 5.97 Å². The van der Waals surface area contributed by atoms with Crippen LogP contribution >= 0.6 is 11.3 Å². The number of ketones is 2. The minimum atomic E-state index is -0.557. The normalized spacial score (nSPS) is 13.4. The smallest absolute Gasteiger partial charge is 0.348 e. The first-order valence-electron chi connectivity index (χ1n) is 6.86. The van der Waals surface area contributed by atoms with Crippen LogP contribution in [0.5, 0.6) is 0 Å². The van der Waals surface area contributed by atoms with Gasteiger partial charge in [-0.25, -0.2) is 4.79 Å². The summed E-state index contributed by atoms with van der Waals surface area (Å²) in [6.45, 7) is 1.96. The molecule has 0 saturated heterocycles. The van der Waals surface area contributed by atoms with Gasteiger partial charge in [0, 0.05) is 17.3 Å². The number of hydrogen-bond acceptors (Lipinski definition) is 6. The first-order valence-corrected chi connectivity index (χ1v) is 7.68. The molecule has 1 aromatic heterocycles. The van der Waals surface area contributed by atoms with Gasteiger partial charge in [-0.1, -0.05) is 17.7 Å². The maximum atomic E-state index is 12.5. The molecule has 0 bridgehead atoms. The standard InChI is InChI=1S/C17H13NO4S/c1-9-3-5-10(6-4-9)18-12-8-13(19)16-11(15(12)20)7-14(23-16)17(21)22-2/h3-8,18H,1-2H3. The van der Waals surface area contributed by atoms with Crippen LogP contribution in [0.3, 0.4) is 0 Å². The third-order valence-corrected chi connectivity index (χ3v) is 4.57. The molecule has 1 heterocycles. The largest absolute Gasteiger partial charge is 0.465 e. The van der Waals surface area contributed by atoms with Crippen LogP contribution in [0.15, 0.2) is 42.1 Å². The Morgan fingerprint density at radius 1 is 1.17 bits per heavy atom. The van der Waals surface area contributed by atoms with Crippen molar-refractivity contribution >= 4 is 34.6 Å². The third kappa shape index (κ3) is 2.80. The first-order chi connectivity index (χ1) is 11.0. The summed E-state index contributed by atoms with van der Waals surface area (Å²) >= 11 is 0.973. The van der Waals surface area contributed by atoms with Crippen molar-refractivity contribution in [3.05, 3.63) is 63.0 Å². The third-order valence-electron chi connectivity index (χ3n) is 3.44. The number of hydrogen-bond donors (Lipinski definition) is 1. The molecule has 0 fully saturated rings. The molecular weight excluding hydrogens is 314 g/mol. The Kier molecular flexibility index (Phi) is 3.83. The summed E-state index contributed by atoms with van der Waals surface area (Å²) in [4.78, 5) is 36.8. The van der Waals surface area contributed by atoms with Crippen LogP contribution in [0.25, 0.3) is 0 Å². The van der Waals surface area contributed by atoms with Crippen LogP contribution in [0.4, 0.5) is 5.69 Å². The molecular formula is C17H13NO4S. The lowest BCUT2D eigenvalue weighted by atomic mass is 10.00. The van der Waals surface area contributed by atoms with Crippen LogP contribution in [-0.2, 0) is 4.74 Å². The lowest BCUT2D eigenvalue weighted by Gasteiger charge is -2.13. The molecule has 23 heavy (non-hydrogen) atoms. The molecule has 6 heteroatoms. The lowest BCUT2D eigenvalue weighted by molar-refractivity contribution is 0.0606. The van der Waals surface area contributed by atoms with Gasteiger partial charge in [-0.15, -0.1) is 11.3 Å². The molecule has 1 aliphatic rings. The Hall–Kier alpha value is -2.73. The second-order valence-electron chi connectivity index (χ2n) is 5.09. The van der Waals surface area contributed by atoms with E-state index >= 15 is 0 Å².